The Kier molecular flexibility index (Phi) is 4.25. The minimum Gasteiger partial charge on any atom is -0.460 e. The second-order valence-corrected chi connectivity index (χ2v) is 5.97. The number of pyridine rings is 1. The first-order valence-corrected chi connectivity index (χ1v) is 8.22. The molecule has 0 aliphatic rings. The van der Waals surface area contributed by atoms with E-state index >= 15 is 0 Å². The Morgan fingerprint density at radius 2 is 2.15 bits per heavy atom. The van der Waals surface area contributed by atoms with Gasteiger partial charge in [0.1, 0.15) is 23.7 Å². The van der Waals surface area contributed by atoms with Gasteiger partial charge in [-0.25, -0.2) is 0 Å². The number of aryl methyl sites for hydroxylation is 1. The number of nitrogens with zero attached hydrogens (tertiary/aromatic N) is 5. The Morgan fingerprint density at radius 3 is 2.89 bits per heavy atom. The standard InChI is InChI=1S/C18H16N6O3/c1-11-6-7-15(26-11)13-9-14(22-21-13)18(25)24(2)10-16-20-17(23-27-16)12-5-3-4-8-19-12/h3-9H,10H2,1-2H3,(H,21,22). The van der Waals surface area contributed by atoms with Gasteiger partial charge in [0.15, 0.2) is 11.5 Å². The minimum atomic E-state index is -0.279. The van der Waals surface area contributed by atoms with E-state index in [9.17, 15) is 4.79 Å². The molecule has 0 fully saturated rings. The fourth-order valence-electron chi connectivity index (χ4n) is 2.53. The average molecular weight is 364 g/mol. The van der Waals surface area contributed by atoms with Crippen molar-refractivity contribution in [1.29, 1.82) is 0 Å². The summed E-state index contributed by atoms with van der Waals surface area (Å²) in [4.78, 5) is 22.5. The van der Waals surface area contributed by atoms with E-state index in [1.54, 1.807) is 31.4 Å². The molecular weight excluding hydrogens is 348 g/mol. The van der Waals surface area contributed by atoms with Crippen LogP contribution in [-0.2, 0) is 6.54 Å². The second kappa shape index (κ2) is 6.87. The van der Waals surface area contributed by atoms with Gasteiger partial charge in [-0.1, -0.05) is 11.2 Å². The Hall–Kier alpha value is -3.75. The Balaban J connectivity index is 1.46. The van der Waals surface area contributed by atoms with E-state index in [1.807, 2.05) is 25.1 Å². The van der Waals surface area contributed by atoms with Crippen molar-refractivity contribution in [2.24, 2.45) is 0 Å². The molecule has 27 heavy (non-hydrogen) atoms. The molecule has 4 heterocycles. The van der Waals surface area contributed by atoms with Gasteiger partial charge < -0.3 is 13.8 Å². The van der Waals surface area contributed by atoms with Crippen molar-refractivity contribution in [3.05, 3.63) is 59.9 Å². The molecule has 136 valence electrons. The minimum absolute atomic E-state index is 0.153. The fourth-order valence-corrected chi connectivity index (χ4v) is 2.53. The van der Waals surface area contributed by atoms with Gasteiger partial charge in [0.05, 0.1) is 0 Å². The number of hydrogen-bond acceptors (Lipinski definition) is 7. The number of hydrogen-bond donors (Lipinski definition) is 1. The van der Waals surface area contributed by atoms with Crippen molar-refractivity contribution in [2.75, 3.05) is 7.05 Å². The van der Waals surface area contributed by atoms with Crippen LogP contribution in [0.2, 0.25) is 0 Å². The van der Waals surface area contributed by atoms with E-state index in [0.29, 0.717) is 28.9 Å². The summed E-state index contributed by atoms with van der Waals surface area (Å²) < 4.78 is 10.7. The number of aromatic amines is 1. The molecule has 1 N–H and O–H groups in total. The van der Waals surface area contributed by atoms with Gasteiger partial charge in [0, 0.05) is 19.3 Å². The SMILES string of the molecule is Cc1ccc(-c2cc(C(=O)N(C)Cc3nc(-c4ccccn4)no3)n[nH]2)o1. The summed E-state index contributed by atoms with van der Waals surface area (Å²) in [5.41, 5.74) is 1.51. The molecule has 1 amide bonds. The monoisotopic (exact) mass is 364 g/mol. The van der Waals surface area contributed by atoms with Crippen LogP contribution in [0, 0.1) is 6.92 Å². The maximum atomic E-state index is 12.6. The molecule has 0 spiro atoms. The molecule has 0 radical (unpaired) electrons. The molecule has 0 saturated heterocycles. The van der Waals surface area contributed by atoms with Gasteiger partial charge >= 0.3 is 0 Å². The van der Waals surface area contributed by atoms with Crippen LogP contribution in [-0.4, -0.2) is 43.2 Å². The third-order valence-electron chi connectivity index (χ3n) is 3.88. The van der Waals surface area contributed by atoms with Crippen molar-refractivity contribution >= 4 is 5.91 Å². The summed E-state index contributed by atoms with van der Waals surface area (Å²) in [6.07, 6.45) is 1.65. The zero-order chi connectivity index (χ0) is 18.8. The van der Waals surface area contributed by atoms with Crippen molar-refractivity contribution in [3.63, 3.8) is 0 Å². The van der Waals surface area contributed by atoms with E-state index in [2.05, 4.69) is 25.3 Å². The number of furan rings is 1. The zero-order valence-corrected chi connectivity index (χ0v) is 14.7. The molecule has 0 saturated carbocycles. The van der Waals surface area contributed by atoms with Crippen LogP contribution in [0.5, 0.6) is 0 Å². The smallest absolute Gasteiger partial charge is 0.274 e. The number of nitrogens with one attached hydrogen (secondary N) is 1. The Labute approximate surface area is 154 Å². The molecule has 0 unspecified atom stereocenters. The fraction of sp³-hybridized carbons (Fsp3) is 0.167. The van der Waals surface area contributed by atoms with Gasteiger partial charge in [0.25, 0.3) is 5.91 Å². The van der Waals surface area contributed by atoms with Crippen molar-refractivity contribution < 1.29 is 13.7 Å². The lowest BCUT2D eigenvalue weighted by molar-refractivity contribution is 0.0763. The molecule has 0 aromatic carbocycles. The van der Waals surface area contributed by atoms with Crippen molar-refractivity contribution in [3.8, 4) is 23.0 Å². The van der Waals surface area contributed by atoms with E-state index in [4.69, 9.17) is 8.94 Å². The topological polar surface area (TPSA) is 114 Å². The molecule has 4 rings (SSSR count). The predicted molar refractivity (Wildman–Crippen MR) is 94.4 cm³/mol. The lowest BCUT2D eigenvalue weighted by Gasteiger charge is -2.12. The third-order valence-corrected chi connectivity index (χ3v) is 3.88. The highest BCUT2D eigenvalue weighted by molar-refractivity contribution is 5.93. The maximum absolute atomic E-state index is 12.6. The summed E-state index contributed by atoms with van der Waals surface area (Å²) in [5, 5.41) is 10.8. The summed E-state index contributed by atoms with van der Waals surface area (Å²) in [6.45, 7) is 2.00. The van der Waals surface area contributed by atoms with E-state index in [1.165, 1.54) is 4.90 Å². The van der Waals surface area contributed by atoms with Gasteiger partial charge in [-0.3, -0.25) is 14.9 Å². The Bertz CT molecular complexity index is 1070. The first kappa shape index (κ1) is 16.7. The number of carbonyl (C=O) groups excluding carboxylic acids is 1. The molecule has 4 aromatic heterocycles. The van der Waals surface area contributed by atoms with E-state index in [0.717, 1.165) is 5.76 Å². The summed E-state index contributed by atoms with van der Waals surface area (Å²) in [6, 6.07) is 10.7. The van der Waals surface area contributed by atoms with Crippen molar-refractivity contribution in [1.82, 2.24) is 30.2 Å². The summed E-state index contributed by atoms with van der Waals surface area (Å²) >= 11 is 0. The number of H-pyrrole nitrogens is 1. The van der Waals surface area contributed by atoms with Crippen molar-refractivity contribution in [2.45, 2.75) is 13.5 Å². The van der Waals surface area contributed by atoms with Crippen LogP contribution >= 0.6 is 0 Å². The highest BCUT2D eigenvalue weighted by atomic mass is 16.5. The summed E-state index contributed by atoms with van der Waals surface area (Å²) in [7, 11) is 1.64. The molecule has 0 aliphatic heterocycles. The molecule has 4 aromatic rings. The highest BCUT2D eigenvalue weighted by Crippen LogP contribution is 2.21. The predicted octanol–water partition coefficient (Wildman–Crippen LogP) is 2.70. The maximum Gasteiger partial charge on any atom is 0.274 e. The molecule has 0 aliphatic carbocycles. The largest absolute Gasteiger partial charge is 0.460 e. The lowest BCUT2D eigenvalue weighted by Crippen LogP contribution is -2.26. The first-order chi connectivity index (χ1) is 13.1. The zero-order valence-electron chi connectivity index (χ0n) is 14.7. The van der Waals surface area contributed by atoms with Gasteiger partial charge in [0.2, 0.25) is 11.7 Å². The average Bonchev–Trinajstić information content (AvgIpc) is 3.42. The molecular formula is C18H16N6O3. The van der Waals surface area contributed by atoms with Gasteiger partial charge in [-0.15, -0.1) is 0 Å². The Morgan fingerprint density at radius 1 is 1.26 bits per heavy atom. The van der Waals surface area contributed by atoms with Crippen LogP contribution < -0.4 is 0 Å². The number of carbonyl (C=O) groups is 1. The quantitative estimate of drug-likeness (QED) is 0.579. The first-order valence-electron chi connectivity index (χ1n) is 8.22. The number of rotatable bonds is 5. The second-order valence-electron chi connectivity index (χ2n) is 5.97. The molecule has 0 atom stereocenters. The highest BCUT2D eigenvalue weighted by Gasteiger charge is 2.20. The van der Waals surface area contributed by atoms with Crippen LogP contribution in [0.25, 0.3) is 23.0 Å². The normalized spacial score (nSPS) is 10.9. The number of amides is 1. The van der Waals surface area contributed by atoms with Crippen LogP contribution in [0.1, 0.15) is 22.1 Å². The molecule has 0 bridgehead atoms. The number of aromatic nitrogens is 5. The molecule has 9 heteroatoms. The van der Waals surface area contributed by atoms with E-state index < -0.39 is 0 Å². The molecule has 9 nitrogen and oxygen atoms in total. The lowest BCUT2D eigenvalue weighted by atomic mass is 10.3. The van der Waals surface area contributed by atoms with Crippen LogP contribution in [0.15, 0.2) is 51.5 Å². The third kappa shape index (κ3) is 3.47. The van der Waals surface area contributed by atoms with Crippen LogP contribution in [0.4, 0.5) is 0 Å². The van der Waals surface area contributed by atoms with E-state index in [-0.39, 0.29) is 18.1 Å². The van der Waals surface area contributed by atoms with Crippen LogP contribution in [0.3, 0.4) is 0 Å². The van der Waals surface area contributed by atoms with Gasteiger partial charge in [-0.05, 0) is 31.2 Å². The summed E-state index contributed by atoms with van der Waals surface area (Å²) in [5.74, 6) is 1.81. The van der Waals surface area contributed by atoms with Gasteiger partial charge in [-0.2, -0.15) is 10.1 Å².